The van der Waals surface area contributed by atoms with E-state index in [2.05, 4.69) is 20.5 Å². The molecule has 1 amide bonds. The summed E-state index contributed by atoms with van der Waals surface area (Å²) in [7, 11) is 1.51. The van der Waals surface area contributed by atoms with E-state index in [-0.39, 0.29) is 42.9 Å². The lowest BCUT2D eigenvalue weighted by atomic mass is 9.83. The highest BCUT2D eigenvalue weighted by atomic mass is 16.7. The SMILES string of the molecule is [C-]#[N+]CC(=O)NCc1cn(CC2OC(OC)C(OC(C)=O)C(C)C2C)nn1. The first-order valence-corrected chi connectivity index (χ1v) is 8.70. The lowest BCUT2D eigenvalue weighted by Crippen LogP contribution is -2.52. The molecule has 5 atom stereocenters. The molecule has 0 spiro atoms. The highest BCUT2D eigenvalue weighted by Crippen LogP contribution is 2.33. The van der Waals surface area contributed by atoms with Crippen LogP contribution in [0.25, 0.3) is 4.85 Å². The van der Waals surface area contributed by atoms with Gasteiger partial charge in [0.15, 0.2) is 12.4 Å². The first-order chi connectivity index (χ1) is 12.8. The number of carbonyl (C=O) groups is 2. The van der Waals surface area contributed by atoms with Crippen LogP contribution < -0.4 is 5.32 Å². The van der Waals surface area contributed by atoms with Gasteiger partial charge >= 0.3 is 11.9 Å². The Morgan fingerprint density at radius 2 is 2.15 bits per heavy atom. The zero-order chi connectivity index (χ0) is 20.0. The molecule has 1 aliphatic rings. The maximum Gasteiger partial charge on any atom is 0.303 e. The van der Waals surface area contributed by atoms with Gasteiger partial charge in [0, 0.05) is 20.0 Å². The average molecular weight is 379 g/mol. The van der Waals surface area contributed by atoms with Gasteiger partial charge in [0.05, 0.1) is 25.4 Å². The monoisotopic (exact) mass is 379 g/mol. The second-order valence-electron chi connectivity index (χ2n) is 6.60. The molecular formula is C17H25N5O5. The van der Waals surface area contributed by atoms with Crippen LogP contribution in [0, 0.1) is 18.4 Å². The molecule has 1 saturated heterocycles. The molecule has 1 N–H and O–H groups in total. The largest absolute Gasteiger partial charge is 0.457 e. The molecule has 1 fully saturated rings. The number of aromatic nitrogens is 3. The number of esters is 1. The molecule has 5 unspecified atom stereocenters. The van der Waals surface area contributed by atoms with Crippen molar-refractivity contribution >= 4 is 11.9 Å². The van der Waals surface area contributed by atoms with E-state index in [0.29, 0.717) is 12.2 Å². The van der Waals surface area contributed by atoms with E-state index in [4.69, 9.17) is 20.8 Å². The molecule has 10 heteroatoms. The number of hydrogen-bond donors (Lipinski definition) is 1. The fourth-order valence-corrected chi connectivity index (χ4v) is 3.02. The van der Waals surface area contributed by atoms with Crippen molar-refractivity contribution in [2.45, 2.75) is 52.4 Å². The van der Waals surface area contributed by atoms with Gasteiger partial charge in [-0.25, -0.2) is 11.3 Å². The predicted octanol–water partition coefficient (Wildman–Crippen LogP) is 0.389. The van der Waals surface area contributed by atoms with Crippen molar-refractivity contribution in [2.24, 2.45) is 11.8 Å². The Morgan fingerprint density at radius 3 is 2.78 bits per heavy atom. The van der Waals surface area contributed by atoms with Gasteiger partial charge in [-0.15, -0.1) is 5.10 Å². The summed E-state index contributed by atoms with van der Waals surface area (Å²) in [5, 5.41) is 10.7. The molecular weight excluding hydrogens is 354 g/mol. The zero-order valence-electron chi connectivity index (χ0n) is 15.9. The summed E-state index contributed by atoms with van der Waals surface area (Å²) in [6, 6.07) is 0. The fraction of sp³-hybridized carbons (Fsp3) is 0.706. The van der Waals surface area contributed by atoms with Gasteiger partial charge in [0.25, 0.3) is 6.54 Å². The van der Waals surface area contributed by atoms with Crippen LogP contribution in [0.5, 0.6) is 0 Å². The minimum atomic E-state index is -0.652. The molecule has 1 aromatic heterocycles. The highest BCUT2D eigenvalue weighted by molar-refractivity contribution is 5.79. The number of rotatable bonds is 7. The van der Waals surface area contributed by atoms with E-state index in [1.54, 1.807) is 10.9 Å². The maximum absolute atomic E-state index is 11.3. The minimum absolute atomic E-state index is 0.0357. The first kappa shape index (κ1) is 20.8. The number of ether oxygens (including phenoxy) is 3. The van der Waals surface area contributed by atoms with Crippen molar-refractivity contribution in [1.29, 1.82) is 0 Å². The Balaban J connectivity index is 1.98. The van der Waals surface area contributed by atoms with Crippen LogP contribution in [0.4, 0.5) is 0 Å². The van der Waals surface area contributed by atoms with Crippen LogP contribution >= 0.6 is 0 Å². The third kappa shape index (κ3) is 5.48. The van der Waals surface area contributed by atoms with Gasteiger partial charge in [0.1, 0.15) is 5.69 Å². The van der Waals surface area contributed by atoms with Crippen molar-refractivity contribution in [3.05, 3.63) is 23.3 Å². The van der Waals surface area contributed by atoms with Crippen LogP contribution in [-0.2, 0) is 36.9 Å². The predicted molar refractivity (Wildman–Crippen MR) is 92.9 cm³/mol. The fourth-order valence-electron chi connectivity index (χ4n) is 3.02. The molecule has 2 heterocycles. The molecule has 0 aliphatic carbocycles. The number of methoxy groups -OCH3 is 1. The standard InChI is InChI=1S/C17H25N5O5/c1-10-11(2)16(26-12(3)23)17(25-5)27-14(10)9-22-8-13(20-21-22)6-19-15(24)7-18-4/h8,10-11,14,16-17H,6-7,9H2,1-3,5H3,(H,19,24). The molecule has 0 radical (unpaired) electrons. The first-order valence-electron chi connectivity index (χ1n) is 8.70. The Bertz CT molecular complexity index is 698. The van der Waals surface area contributed by atoms with Crippen LogP contribution in [0.2, 0.25) is 0 Å². The summed E-state index contributed by atoms with van der Waals surface area (Å²) in [6.07, 6.45) is 0.394. The lowest BCUT2D eigenvalue weighted by Gasteiger charge is -2.43. The van der Waals surface area contributed by atoms with Gasteiger partial charge in [-0.05, 0) is 5.92 Å². The van der Waals surface area contributed by atoms with E-state index >= 15 is 0 Å². The third-order valence-electron chi connectivity index (χ3n) is 4.69. The summed E-state index contributed by atoms with van der Waals surface area (Å²) in [5.74, 6) is -0.596. The quantitative estimate of drug-likeness (QED) is 0.539. The van der Waals surface area contributed by atoms with Gasteiger partial charge in [-0.2, -0.15) is 0 Å². The number of carbonyl (C=O) groups excluding carboxylic acids is 2. The lowest BCUT2D eigenvalue weighted by molar-refractivity contribution is -0.269. The van der Waals surface area contributed by atoms with Gasteiger partial charge in [0.2, 0.25) is 0 Å². The Labute approximate surface area is 158 Å². The molecule has 0 saturated carbocycles. The Morgan fingerprint density at radius 1 is 1.41 bits per heavy atom. The van der Waals surface area contributed by atoms with E-state index in [1.165, 1.54) is 14.0 Å². The van der Waals surface area contributed by atoms with Gasteiger partial charge in [-0.1, -0.05) is 19.1 Å². The van der Waals surface area contributed by atoms with Crippen molar-refractivity contribution in [1.82, 2.24) is 20.3 Å². The number of amides is 1. The van der Waals surface area contributed by atoms with Gasteiger partial charge < -0.3 is 24.4 Å². The van der Waals surface area contributed by atoms with Gasteiger partial charge in [-0.3, -0.25) is 9.59 Å². The van der Waals surface area contributed by atoms with Crippen LogP contribution in [0.15, 0.2) is 6.20 Å². The second kappa shape index (κ2) is 9.43. The van der Waals surface area contributed by atoms with E-state index in [0.717, 1.165) is 0 Å². The molecule has 1 aliphatic heterocycles. The third-order valence-corrected chi connectivity index (χ3v) is 4.69. The van der Waals surface area contributed by atoms with Crippen molar-refractivity contribution < 1.29 is 23.8 Å². The minimum Gasteiger partial charge on any atom is -0.457 e. The van der Waals surface area contributed by atoms with Crippen molar-refractivity contribution in [3.8, 4) is 0 Å². The molecule has 2 rings (SSSR count). The van der Waals surface area contributed by atoms with E-state index in [9.17, 15) is 9.59 Å². The summed E-state index contributed by atoms with van der Waals surface area (Å²) in [5.41, 5.74) is 0.589. The molecule has 27 heavy (non-hydrogen) atoms. The zero-order valence-corrected chi connectivity index (χ0v) is 15.9. The smallest absolute Gasteiger partial charge is 0.303 e. The second-order valence-corrected chi connectivity index (χ2v) is 6.60. The molecule has 0 bridgehead atoms. The van der Waals surface area contributed by atoms with Crippen LogP contribution in [0.3, 0.4) is 0 Å². The topological polar surface area (TPSA) is 109 Å². The van der Waals surface area contributed by atoms with E-state index < -0.39 is 12.4 Å². The van der Waals surface area contributed by atoms with Crippen LogP contribution in [0.1, 0.15) is 26.5 Å². The van der Waals surface area contributed by atoms with Crippen molar-refractivity contribution in [2.75, 3.05) is 13.7 Å². The molecule has 148 valence electrons. The Hall–Kier alpha value is -2.51. The summed E-state index contributed by atoms with van der Waals surface area (Å²) < 4.78 is 18.4. The van der Waals surface area contributed by atoms with Crippen LogP contribution in [-0.4, -0.2) is 59.0 Å². The normalized spacial score (nSPS) is 27.6. The average Bonchev–Trinajstić information content (AvgIpc) is 3.07. The summed E-state index contributed by atoms with van der Waals surface area (Å²) in [6.45, 7) is 12.5. The highest BCUT2D eigenvalue weighted by Gasteiger charge is 2.43. The summed E-state index contributed by atoms with van der Waals surface area (Å²) in [4.78, 5) is 25.7. The van der Waals surface area contributed by atoms with E-state index in [1.807, 2.05) is 13.8 Å². The molecule has 1 aromatic rings. The summed E-state index contributed by atoms with van der Waals surface area (Å²) >= 11 is 0. The molecule has 0 aromatic carbocycles. The number of nitrogens with zero attached hydrogens (tertiary/aromatic N) is 4. The number of nitrogens with one attached hydrogen (secondary N) is 1. The maximum atomic E-state index is 11.3. The number of hydrogen-bond acceptors (Lipinski definition) is 7. The van der Waals surface area contributed by atoms with Crippen molar-refractivity contribution in [3.63, 3.8) is 0 Å². The molecule has 10 nitrogen and oxygen atoms in total. The Kier molecular flexibility index (Phi) is 7.27.